The molecule has 0 radical (unpaired) electrons. The fourth-order valence-electron chi connectivity index (χ4n) is 2.75. The number of hydrogen-bond donors (Lipinski definition) is 3. The Hall–Kier alpha value is -1.69. The number of halogens is 1. The summed E-state index contributed by atoms with van der Waals surface area (Å²) in [5.74, 6) is -0.00851. The van der Waals surface area contributed by atoms with Crippen LogP contribution in [-0.4, -0.2) is 11.9 Å². The van der Waals surface area contributed by atoms with Gasteiger partial charge in [0.15, 0.2) is 0 Å². The molecule has 0 spiro atoms. The highest BCUT2D eigenvalue weighted by atomic mass is 79.9. The largest absolute Gasteiger partial charge is 0.324 e. The van der Waals surface area contributed by atoms with E-state index in [1.807, 2.05) is 44.2 Å². The Morgan fingerprint density at radius 3 is 2.61 bits per heavy atom. The molecule has 1 amide bonds. The van der Waals surface area contributed by atoms with Gasteiger partial charge in [0.1, 0.15) is 6.04 Å². The van der Waals surface area contributed by atoms with E-state index in [4.69, 9.17) is 0 Å². The van der Waals surface area contributed by atoms with Gasteiger partial charge in [-0.15, -0.1) is 0 Å². The van der Waals surface area contributed by atoms with Crippen LogP contribution in [0, 0.1) is 13.8 Å². The number of nitrogens with one attached hydrogen (secondary N) is 3. The first kappa shape index (κ1) is 16.2. The summed E-state index contributed by atoms with van der Waals surface area (Å²) in [5.41, 5.74) is 10.6. The van der Waals surface area contributed by atoms with Crippen LogP contribution in [0.4, 0.5) is 5.69 Å². The zero-order valence-corrected chi connectivity index (χ0v) is 14.8. The van der Waals surface area contributed by atoms with Gasteiger partial charge in [0.25, 0.3) is 0 Å². The van der Waals surface area contributed by atoms with Crippen LogP contribution in [0.25, 0.3) is 0 Å². The van der Waals surface area contributed by atoms with Crippen LogP contribution >= 0.6 is 15.9 Å². The molecular formula is C18H20BrN3O. The number of anilines is 1. The Balaban J connectivity index is 1.65. The lowest BCUT2D eigenvalue weighted by Gasteiger charge is -2.13. The SMILES string of the molecule is Cc1cccc(NC(=O)C2CC(c3ccc(Br)cc3)NN2)c1C. The van der Waals surface area contributed by atoms with Gasteiger partial charge in [0.05, 0.1) is 0 Å². The molecule has 2 unspecified atom stereocenters. The second-order valence-corrected chi connectivity index (χ2v) is 6.83. The maximum absolute atomic E-state index is 12.5. The van der Waals surface area contributed by atoms with E-state index in [0.717, 1.165) is 22.1 Å². The number of carbonyl (C=O) groups excluding carboxylic acids is 1. The molecule has 1 fully saturated rings. The van der Waals surface area contributed by atoms with Crippen LogP contribution in [0.3, 0.4) is 0 Å². The molecule has 1 heterocycles. The van der Waals surface area contributed by atoms with E-state index in [0.29, 0.717) is 0 Å². The second kappa shape index (κ2) is 6.83. The third-order valence-corrected chi connectivity index (χ3v) is 4.88. The van der Waals surface area contributed by atoms with Gasteiger partial charge in [0.2, 0.25) is 5.91 Å². The van der Waals surface area contributed by atoms with E-state index in [1.165, 1.54) is 11.1 Å². The quantitative estimate of drug-likeness (QED) is 0.769. The molecule has 3 N–H and O–H groups in total. The van der Waals surface area contributed by atoms with Crippen molar-refractivity contribution >= 4 is 27.5 Å². The van der Waals surface area contributed by atoms with Crippen molar-refractivity contribution in [1.82, 2.24) is 10.9 Å². The molecular weight excluding hydrogens is 354 g/mol. The van der Waals surface area contributed by atoms with Crippen LogP contribution in [0.2, 0.25) is 0 Å². The van der Waals surface area contributed by atoms with Crippen molar-refractivity contribution in [3.63, 3.8) is 0 Å². The molecule has 1 aliphatic heterocycles. The molecule has 0 aliphatic carbocycles. The molecule has 120 valence electrons. The number of hydrazine groups is 1. The summed E-state index contributed by atoms with van der Waals surface area (Å²) >= 11 is 3.44. The van der Waals surface area contributed by atoms with Gasteiger partial charge < -0.3 is 5.32 Å². The number of rotatable bonds is 3. The zero-order chi connectivity index (χ0) is 16.4. The topological polar surface area (TPSA) is 53.2 Å². The van der Waals surface area contributed by atoms with Crippen LogP contribution in [0.1, 0.15) is 29.2 Å². The molecule has 2 aromatic carbocycles. The van der Waals surface area contributed by atoms with Gasteiger partial charge in [-0.2, -0.15) is 0 Å². The van der Waals surface area contributed by atoms with Crippen molar-refractivity contribution in [3.8, 4) is 0 Å². The third-order valence-electron chi connectivity index (χ3n) is 4.35. The zero-order valence-electron chi connectivity index (χ0n) is 13.2. The van der Waals surface area contributed by atoms with E-state index < -0.39 is 0 Å². The Morgan fingerprint density at radius 2 is 1.87 bits per heavy atom. The lowest BCUT2D eigenvalue weighted by molar-refractivity contribution is -0.117. The van der Waals surface area contributed by atoms with Crippen molar-refractivity contribution in [2.24, 2.45) is 0 Å². The minimum atomic E-state index is -0.247. The van der Waals surface area contributed by atoms with Gasteiger partial charge in [-0.1, -0.05) is 40.2 Å². The van der Waals surface area contributed by atoms with E-state index in [1.54, 1.807) is 0 Å². The van der Waals surface area contributed by atoms with Gasteiger partial charge >= 0.3 is 0 Å². The number of amides is 1. The van der Waals surface area contributed by atoms with Crippen molar-refractivity contribution in [1.29, 1.82) is 0 Å². The molecule has 4 nitrogen and oxygen atoms in total. The fourth-order valence-corrected chi connectivity index (χ4v) is 3.01. The van der Waals surface area contributed by atoms with Crippen LogP contribution in [0.15, 0.2) is 46.9 Å². The summed E-state index contributed by atoms with van der Waals surface area (Å²) < 4.78 is 1.05. The van der Waals surface area contributed by atoms with E-state index in [-0.39, 0.29) is 18.0 Å². The summed E-state index contributed by atoms with van der Waals surface area (Å²) in [6.07, 6.45) is 0.721. The molecule has 0 bridgehead atoms. The van der Waals surface area contributed by atoms with Gasteiger partial charge in [-0.05, 0) is 55.2 Å². The predicted octanol–water partition coefficient (Wildman–Crippen LogP) is 3.61. The molecule has 5 heteroatoms. The van der Waals surface area contributed by atoms with Crippen molar-refractivity contribution < 1.29 is 4.79 Å². The highest BCUT2D eigenvalue weighted by molar-refractivity contribution is 9.10. The number of carbonyl (C=O) groups is 1. The van der Waals surface area contributed by atoms with Crippen molar-refractivity contribution in [2.45, 2.75) is 32.4 Å². The molecule has 23 heavy (non-hydrogen) atoms. The summed E-state index contributed by atoms with van der Waals surface area (Å²) in [7, 11) is 0. The maximum atomic E-state index is 12.5. The minimum Gasteiger partial charge on any atom is -0.324 e. The van der Waals surface area contributed by atoms with E-state index >= 15 is 0 Å². The first-order valence-corrected chi connectivity index (χ1v) is 8.47. The Kier molecular flexibility index (Phi) is 4.80. The van der Waals surface area contributed by atoms with Crippen molar-refractivity contribution in [2.75, 3.05) is 5.32 Å². The highest BCUT2D eigenvalue weighted by Crippen LogP contribution is 2.25. The molecule has 3 rings (SSSR count). The molecule has 1 aliphatic rings. The van der Waals surface area contributed by atoms with Crippen LogP contribution in [0.5, 0.6) is 0 Å². The van der Waals surface area contributed by atoms with E-state index in [9.17, 15) is 4.79 Å². The Morgan fingerprint density at radius 1 is 1.13 bits per heavy atom. The number of benzene rings is 2. The standard InChI is InChI=1S/C18H20BrN3O/c1-11-4-3-5-15(12(11)2)20-18(23)17-10-16(21-22-17)13-6-8-14(19)9-7-13/h3-9,16-17,21-22H,10H2,1-2H3,(H,20,23). The average molecular weight is 374 g/mol. The van der Waals surface area contributed by atoms with Gasteiger partial charge in [-0.3, -0.25) is 4.79 Å². The maximum Gasteiger partial charge on any atom is 0.242 e. The molecule has 2 atom stereocenters. The molecule has 1 saturated heterocycles. The van der Waals surface area contributed by atoms with Gasteiger partial charge in [0, 0.05) is 16.2 Å². The highest BCUT2D eigenvalue weighted by Gasteiger charge is 2.30. The first-order valence-electron chi connectivity index (χ1n) is 7.68. The number of aryl methyl sites for hydroxylation is 1. The Bertz CT molecular complexity index is 715. The Labute approximate surface area is 144 Å². The number of hydrogen-bond acceptors (Lipinski definition) is 3. The fraction of sp³-hybridized carbons (Fsp3) is 0.278. The van der Waals surface area contributed by atoms with Crippen LogP contribution < -0.4 is 16.2 Å². The lowest BCUT2D eigenvalue weighted by atomic mass is 10.0. The lowest BCUT2D eigenvalue weighted by Crippen LogP contribution is -2.39. The van der Waals surface area contributed by atoms with Gasteiger partial charge in [-0.25, -0.2) is 10.9 Å². The first-order chi connectivity index (χ1) is 11.0. The predicted molar refractivity (Wildman–Crippen MR) is 96.1 cm³/mol. The molecule has 0 saturated carbocycles. The van der Waals surface area contributed by atoms with Crippen LogP contribution in [-0.2, 0) is 4.79 Å². The minimum absolute atomic E-state index is 0.00851. The summed E-state index contributed by atoms with van der Waals surface area (Å²) in [6, 6.07) is 14.0. The summed E-state index contributed by atoms with van der Waals surface area (Å²) in [5, 5.41) is 3.03. The molecule has 2 aromatic rings. The average Bonchev–Trinajstić information content (AvgIpc) is 3.02. The second-order valence-electron chi connectivity index (χ2n) is 5.92. The van der Waals surface area contributed by atoms with E-state index in [2.05, 4.69) is 44.2 Å². The normalized spacial score (nSPS) is 20.5. The van der Waals surface area contributed by atoms with Crippen molar-refractivity contribution in [3.05, 3.63) is 63.6 Å². The molecule has 0 aromatic heterocycles. The third kappa shape index (κ3) is 3.63. The summed E-state index contributed by atoms with van der Waals surface area (Å²) in [4.78, 5) is 12.5. The monoisotopic (exact) mass is 373 g/mol. The smallest absolute Gasteiger partial charge is 0.242 e. The summed E-state index contributed by atoms with van der Waals surface area (Å²) in [6.45, 7) is 4.07.